The normalized spacial score (nSPS) is 18.5. The van der Waals surface area contributed by atoms with Crippen molar-refractivity contribution in [2.24, 2.45) is 5.92 Å². The molecule has 2 heterocycles. The van der Waals surface area contributed by atoms with Crippen LogP contribution in [-0.2, 0) is 17.6 Å². The van der Waals surface area contributed by atoms with Gasteiger partial charge in [0.05, 0.1) is 34.7 Å². The molecular weight excluding hydrogens is 492 g/mol. The molecule has 0 aromatic heterocycles. The number of carbonyl (C=O) groups is 1. The summed E-state index contributed by atoms with van der Waals surface area (Å²) in [5, 5.41) is 15.2. The number of nitrogens with zero attached hydrogens (tertiary/aromatic N) is 3. The van der Waals surface area contributed by atoms with Gasteiger partial charge in [-0.1, -0.05) is 35.9 Å². The van der Waals surface area contributed by atoms with E-state index in [2.05, 4.69) is 15.1 Å². The number of nitro benzene ring substituents is 1. The largest absolute Gasteiger partial charge is 0.497 e. The fraction of sp³-hybridized carbons (Fsp3) is 0.321. The molecule has 0 unspecified atom stereocenters. The molecule has 0 spiro atoms. The predicted octanol–water partition coefficient (Wildman–Crippen LogP) is 4.48. The highest BCUT2D eigenvalue weighted by Gasteiger charge is 2.42. The predicted molar refractivity (Wildman–Crippen MR) is 145 cm³/mol. The molecule has 2 aliphatic heterocycles. The first-order chi connectivity index (χ1) is 17.9. The minimum atomic E-state index is -0.383. The molecule has 0 bridgehead atoms. The molecular formula is C28H29ClN4O4. The number of methoxy groups -OCH3 is 1. The first kappa shape index (κ1) is 24.9. The number of ether oxygens (including phenoxy) is 1. The summed E-state index contributed by atoms with van der Waals surface area (Å²) in [6.07, 6.45) is 1.15. The SMILES string of the molecule is COc1ccc(CCNC(=O)[C@H]2Cc3cc([N+](=O)[O-])ccc3N3CCN(c4ccccc4Cl)C[C@H]23)cc1. The third-order valence-electron chi connectivity index (χ3n) is 7.31. The molecule has 1 saturated heterocycles. The molecule has 5 rings (SSSR count). The molecule has 8 nitrogen and oxygen atoms in total. The number of halogens is 1. The maximum Gasteiger partial charge on any atom is 0.269 e. The van der Waals surface area contributed by atoms with Crippen LogP contribution in [0.5, 0.6) is 5.75 Å². The van der Waals surface area contributed by atoms with Crippen molar-refractivity contribution in [1.29, 1.82) is 0 Å². The summed E-state index contributed by atoms with van der Waals surface area (Å²) < 4.78 is 5.21. The first-order valence-corrected chi connectivity index (χ1v) is 12.8. The Morgan fingerprint density at radius 1 is 1.11 bits per heavy atom. The minimum absolute atomic E-state index is 0.0401. The highest BCUT2D eigenvalue weighted by molar-refractivity contribution is 6.33. The van der Waals surface area contributed by atoms with Crippen molar-refractivity contribution in [2.45, 2.75) is 18.9 Å². The van der Waals surface area contributed by atoms with E-state index in [-0.39, 0.29) is 28.5 Å². The van der Waals surface area contributed by atoms with Gasteiger partial charge in [0.15, 0.2) is 0 Å². The zero-order valence-electron chi connectivity index (χ0n) is 20.6. The first-order valence-electron chi connectivity index (χ1n) is 12.4. The van der Waals surface area contributed by atoms with Crippen LogP contribution in [0.1, 0.15) is 11.1 Å². The van der Waals surface area contributed by atoms with Crippen LogP contribution in [0, 0.1) is 16.0 Å². The lowest BCUT2D eigenvalue weighted by molar-refractivity contribution is -0.384. The Kier molecular flexibility index (Phi) is 7.19. The Labute approximate surface area is 220 Å². The van der Waals surface area contributed by atoms with Crippen LogP contribution in [0.15, 0.2) is 66.7 Å². The zero-order chi connectivity index (χ0) is 25.9. The van der Waals surface area contributed by atoms with Gasteiger partial charge in [0.25, 0.3) is 5.69 Å². The molecule has 0 saturated carbocycles. The molecule has 37 heavy (non-hydrogen) atoms. The number of hydrogen-bond acceptors (Lipinski definition) is 6. The number of nitro groups is 1. The zero-order valence-corrected chi connectivity index (χ0v) is 21.4. The number of non-ortho nitro benzene ring substituents is 1. The van der Waals surface area contributed by atoms with Gasteiger partial charge in [0.2, 0.25) is 5.91 Å². The third-order valence-corrected chi connectivity index (χ3v) is 7.63. The van der Waals surface area contributed by atoms with E-state index in [0.29, 0.717) is 37.5 Å². The summed E-state index contributed by atoms with van der Waals surface area (Å²) in [5.74, 6) is 0.403. The highest BCUT2D eigenvalue weighted by atomic mass is 35.5. The quantitative estimate of drug-likeness (QED) is 0.365. The number of carbonyl (C=O) groups excluding carboxylic acids is 1. The Balaban J connectivity index is 1.37. The monoisotopic (exact) mass is 520 g/mol. The Hall–Kier alpha value is -3.78. The van der Waals surface area contributed by atoms with E-state index >= 15 is 0 Å². The average molecular weight is 521 g/mol. The molecule has 2 aliphatic rings. The molecule has 0 aliphatic carbocycles. The van der Waals surface area contributed by atoms with E-state index in [1.807, 2.05) is 54.6 Å². The summed E-state index contributed by atoms with van der Waals surface area (Å²) in [6.45, 7) is 2.57. The van der Waals surface area contributed by atoms with Gasteiger partial charge < -0.3 is 19.9 Å². The van der Waals surface area contributed by atoms with Crippen LogP contribution in [-0.4, -0.2) is 50.2 Å². The van der Waals surface area contributed by atoms with Gasteiger partial charge in [-0.2, -0.15) is 0 Å². The van der Waals surface area contributed by atoms with E-state index in [1.165, 1.54) is 0 Å². The highest BCUT2D eigenvalue weighted by Crippen LogP contribution is 2.39. The van der Waals surface area contributed by atoms with Gasteiger partial charge in [-0.25, -0.2) is 0 Å². The van der Waals surface area contributed by atoms with Crippen molar-refractivity contribution >= 4 is 34.6 Å². The fourth-order valence-electron chi connectivity index (χ4n) is 5.40. The van der Waals surface area contributed by atoms with Gasteiger partial charge in [0.1, 0.15) is 5.75 Å². The Morgan fingerprint density at radius 2 is 1.89 bits per heavy atom. The van der Waals surface area contributed by atoms with E-state index < -0.39 is 0 Å². The van der Waals surface area contributed by atoms with Crippen molar-refractivity contribution in [3.8, 4) is 5.75 Å². The third kappa shape index (κ3) is 5.20. The molecule has 192 valence electrons. The molecule has 0 radical (unpaired) electrons. The van der Waals surface area contributed by atoms with E-state index in [4.69, 9.17) is 16.3 Å². The number of rotatable bonds is 7. The van der Waals surface area contributed by atoms with Crippen molar-refractivity contribution in [3.05, 3.63) is 93.0 Å². The molecule has 3 aromatic rings. The second kappa shape index (κ2) is 10.7. The van der Waals surface area contributed by atoms with Gasteiger partial charge >= 0.3 is 0 Å². The Bertz CT molecular complexity index is 1300. The van der Waals surface area contributed by atoms with Gasteiger partial charge in [-0.3, -0.25) is 14.9 Å². The van der Waals surface area contributed by atoms with Crippen LogP contribution in [0.3, 0.4) is 0 Å². The summed E-state index contributed by atoms with van der Waals surface area (Å²) in [6, 6.07) is 20.5. The second-order valence-electron chi connectivity index (χ2n) is 9.43. The smallest absolute Gasteiger partial charge is 0.269 e. The van der Waals surface area contributed by atoms with Crippen LogP contribution in [0.25, 0.3) is 0 Å². The van der Waals surface area contributed by atoms with E-state index in [1.54, 1.807) is 19.2 Å². The lowest BCUT2D eigenvalue weighted by Gasteiger charge is -2.49. The number of fused-ring (bicyclic) bond motifs is 3. The second-order valence-corrected chi connectivity index (χ2v) is 9.84. The summed E-state index contributed by atoms with van der Waals surface area (Å²) >= 11 is 6.50. The number of piperazine rings is 1. The molecule has 1 N–H and O–H groups in total. The summed E-state index contributed by atoms with van der Waals surface area (Å²) in [4.78, 5) is 29.1. The molecule has 3 aromatic carbocycles. The molecule has 9 heteroatoms. The van der Waals surface area contributed by atoms with Crippen molar-refractivity contribution in [1.82, 2.24) is 5.32 Å². The summed E-state index contributed by atoms with van der Waals surface area (Å²) in [7, 11) is 1.63. The van der Waals surface area contributed by atoms with Crippen LogP contribution in [0.2, 0.25) is 5.02 Å². The van der Waals surface area contributed by atoms with Crippen LogP contribution in [0.4, 0.5) is 17.1 Å². The number of anilines is 2. The molecule has 1 fully saturated rings. The maximum absolute atomic E-state index is 13.5. The molecule has 1 amide bonds. The van der Waals surface area contributed by atoms with Gasteiger partial charge in [-0.15, -0.1) is 0 Å². The topological polar surface area (TPSA) is 87.9 Å². The molecule has 2 atom stereocenters. The Morgan fingerprint density at radius 3 is 2.62 bits per heavy atom. The summed E-state index contributed by atoms with van der Waals surface area (Å²) in [5.41, 5.74) is 3.92. The van der Waals surface area contributed by atoms with Crippen molar-refractivity contribution in [3.63, 3.8) is 0 Å². The van der Waals surface area contributed by atoms with Crippen LogP contribution >= 0.6 is 11.6 Å². The number of hydrogen-bond donors (Lipinski definition) is 1. The minimum Gasteiger partial charge on any atom is -0.497 e. The number of nitrogens with one attached hydrogen (secondary N) is 1. The number of amides is 1. The van der Waals surface area contributed by atoms with Gasteiger partial charge in [-0.05, 0) is 54.3 Å². The van der Waals surface area contributed by atoms with E-state index in [9.17, 15) is 14.9 Å². The van der Waals surface area contributed by atoms with E-state index in [0.717, 1.165) is 34.8 Å². The maximum atomic E-state index is 13.5. The van der Waals surface area contributed by atoms with Crippen molar-refractivity contribution < 1.29 is 14.5 Å². The lowest BCUT2D eigenvalue weighted by atomic mass is 9.83. The van der Waals surface area contributed by atoms with Crippen LogP contribution < -0.4 is 19.9 Å². The number of benzene rings is 3. The fourth-order valence-corrected chi connectivity index (χ4v) is 5.66. The van der Waals surface area contributed by atoms with Gasteiger partial charge in [0, 0.05) is 44.0 Å². The standard InChI is InChI=1S/C28H29ClN4O4/c1-37-22-9-6-19(7-10-22)12-13-30-28(34)23-17-20-16-21(33(35)36)8-11-25(20)32-15-14-31(18-27(23)32)26-5-3-2-4-24(26)29/h2-11,16,23,27H,12-15,17-18H2,1H3,(H,30,34)/t23-,27+/m0/s1. The number of para-hydroxylation sites is 1. The average Bonchev–Trinajstić information content (AvgIpc) is 2.92. The van der Waals surface area contributed by atoms with Crippen molar-refractivity contribution in [2.75, 3.05) is 43.1 Å². The lowest BCUT2D eigenvalue weighted by Crippen LogP contribution is -2.61.